The van der Waals surface area contributed by atoms with E-state index in [2.05, 4.69) is 20.8 Å². The molecule has 2 heterocycles. The predicted molar refractivity (Wildman–Crippen MR) is 118 cm³/mol. The minimum absolute atomic E-state index is 0.0792. The summed E-state index contributed by atoms with van der Waals surface area (Å²) < 4.78 is 12.4. The first-order valence-corrected chi connectivity index (χ1v) is 10.9. The second-order valence-electron chi connectivity index (χ2n) is 6.85. The molecule has 32 heavy (non-hydrogen) atoms. The highest BCUT2D eigenvalue weighted by atomic mass is 32.2. The molecule has 0 spiro atoms. The maximum Gasteiger partial charge on any atom is 0.343 e. The molecule has 0 radical (unpaired) electrons. The monoisotopic (exact) mass is 455 g/mol. The zero-order valence-electron chi connectivity index (χ0n) is 17.0. The lowest BCUT2D eigenvalue weighted by molar-refractivity contribution is -0.117. The van der Waals surface area contributed by atoms with Crippen LogP contribution < -0.4 is 25.8 Å². The number of thioether (sulfide) groups is 1. The highest BCUT2D eigenvalue weighted by molar-refractivity contribution is 7.99. The summed E-state index contributed by atoms with van der Waals surface area (Å²) >= 11 is 1.07. The summed E-state index contributed by atoms with van der Waals surface area (Å²) in [6, 6.07) is 14.1. The van der Waals surface area contributed by atoms with Crippen molar-refractivity contribution in [3.8, 4) is 11.5 Å². The number of nitrogens with zero attached hydrogens (tertiary/aromatic N) is 2. The highest BCUT2D eigenvalue weighted by Gasteiger charge is 2.15. The minimum Gasteiger partial charge on any atom is -0.486 e. The third kappa shape index (κ3) is 5.49. The van der Waals surface area contributed by atoms with Crippen LogP contribution >= 0.6 is 11.8 Å². The van der Waals surface area contributed by atoms with E-state index >= 15 is 0 Å². The second-order valence-corrected chi connectivity index (χ2v) is 7.79. The van der Waals surface area contributed by atoms with E-state index in [0.717, 1.165) is 17.3 Å². The summed E-state index contributed by atoms with van der Waals surface area (Å²) in [5, 5.41) is 11.6. The van der Waals surface area contributed by atoms with Crippen molar-refractivity contribution < 1.29 is 19.1 Å². The van der Waals surface area contributed by atoms with E-state index < -0.39 is 11.9 Å². The highest BCUT2D eigenvalue weighted by Crippen LogP contribution is 2.32. The molecular weight excluding hydrogens is 434 g/mol. The van der Waals surface area contributed by atoms with Gasteiger partial charge in [0, 0.05) is 18.3 Å². The Labute approximate surface area is 187 Å². The third-order valence-corrected chi connectivity index (χ3v) is 5.55. The van der Waals surface area contributed by atoms with Crippen LogP contribution in [0.2, 0.25) is 0 Å². The Balaban J connectivity index is 1.28. The lowest BCUT2D eigenvalue weighted by atomic mass is 10.1. The first-order chi connectivity index (χ1) is 15.6. The first-order valence-electron chi connectivity index (χ1n) is 9.91. The molecule has 0 saturated carbocycles. The van der Waals surface area contributed by atoms with Gasteiger partial charge in [-0.25, -0.2) is 14.7 Å². The molecule has 0 aliphatic carbocycles. The number of aryl methyl sites for hydroxylation is 1. The fourth-order valence-corrected chi connectivity index (χ4v) is 3.85. The molecule has 1 aliphatic heterocycles. The lowest BCUT2D eigenvalue weighted by Gasteiger charge is -2.19. The van der Waals surface area contributed by atoms with E-state index in [0.29, 0.717) is 48.5 Å². The van der Waals surface area contributed by atoms with E-state index in [-0.39, 0.29) is 11.4 Å². The predicted octanol–water partition coefficient (Wildman–Crippen LogP) is 2.03. The molecule has 1 aromatic heterocycles. The van der Waals surface area contributed by atoms with E-state index in [1.54, 1.807) is 18.2 Å². The van der Waals surface area contributed by atoms with E-state index in [1.165, 1.54) is 4.57 Å². The summed E-state index contributed by atoms with van der Waals surface area (Å²) in [5.41, 5.74) is 1.21. The Bertz CT molecular complexity index is 1160. The van der Waals surface area contributed by atoms with Crippen molar-refractivity contribution in [2.45, 2.75) is 18.1 Å². The van der Waals surface area contributed by atoms with Gasteiger partial charge >= 0.3 is 11.7 Å². The average Bonchev–Trinajstić information content (AvgIpc) is 3.16. The molecule has 3 aromatic rings. The fraction of sp³-hybridized carbons (Fsp3) is 0.238. The Morgan fingerprint density at radius 3 is 2.69 bits per heavy atom. The van der Waals surface area contributed by atoms with E-state index in [4.69, 9.17) is 9.47 Å². The summed E-state index contributed by atoms with van der Waals surface area (Å²) in [5.74, 6) is 0.537. The number of ether oxygens (including phenoxy) is 2. The number of fused-ring (bicyclic) bond motifs is 1. The molecule has 0 atom stereocenters. The molecular formula is C21H21N5O5S. The fourth-order valence-electron chi connectivity index (χ4n) is 3.07. The molecule has 166 valence electrons. The number of anilines is 1. The van der Waals surface area contributed by atoms with Crippen LogP contribution in [0.4, 0.5) is 10.5 Å². The molecule has 0 saturated heterocycles. The molecule has 1 aliphatic rings. The van der Waals surface area contributed by atoms with Gasteiger partial charge in [-0.1, -0.05) is 42.1 Å². The first kappa shape index (κ1) is 21.5. The van der Waals surface area contributed by atoms with Crippen molar-refractivity contribution in [1.82, 2.24) is 20.1 Å². The van der Waals surface area contributed by atoms with Crippen LogP contribution in [0.3, 0.4) is 0 Å². The summed E-state index contributed by atoms with van der Waals surface area (Å²) in [6.07, 6.45) is 0.651. The SMILES string of the molecule is O=C(CSc1n[nH]c(=O)n1CCc1ccccc1)NC(=O)Nc1ccc2c(c1)OCCO2. The van der Waals surface area contributed by atoms with Gasteiger partial charge in [-0.3, -0.25) is 14.7 Å². The maximum atomic E-state index is 12.2. The number of hydrogen-bond acceptors (Lipinski definition) is 7. The number of carbonyl (C=O) groups is 2. The quantitative estimate of drug-likeness (QED) is 0.465. The number of H-pyrrole nitrogens is 1. The lowest BCUT2D eigenvalue weighted by Crippen LogP contribution is -2.35. The standard InChI is InChI=1S/C21H21N5O5S/c27-18(23-19(28)22-15-6-7-16-17(12-15)31-11-10-30-16)13-32-21-25-24-20(29)26(21)9-8-14-4-2-1-3-5-14/h1-7,12H,8-11,13H2,(H,24,29)(H2,22,23,27,28). The maximum absolute atomic E-state index is 12.2. The molecule has 11 heteroatoms. The molecule has 3 amide bonds. The number of benzene rings is 2. The van der Waals surface area contributed by atoms with Crippen molar-refractivity contribution in [1.29, 1.82) is 0 Å². The van der Waals surface area contributed by atoms with Gasteiger partial charge in [0.1, 0.15) is 13.2 Å². The summed E-state index contributed by atoms with van der Waals surface area (Å²) in [4.78, 5) is 36.4. The van der Waals surface area contributed by atoms with E-state index in [9.17, 15) is 14.4 Å². The molecule has 3 N–H and O–H groups in total. The number of urea groups is 1. The largest absolute Gasteiger partial charge is 0.486 e. The van der Waals surface area contributed by atoms with Crippen LogP contribution in [-0.2, 0) is 17.8 Å². The molecule has 0 unspecified atom stereocenters. The number of rotatable bonds is 7. The Morgan fingerprint density at radius 1 is 1.09 bits per heavy atom. The van der Waals surface area contributed by atoms with Crippen LogP contribution in [-0.4, -0.2) is 45.7 Å². The normalized spacial score (nSPS) is 12.2. The van der Waals surface area contributed by atoms with Gasteiger partial charge in [-0.2, -0.15) is 0 Å². The van der Waals surface area contributed by atoms with Gasteiger partial charge in [-0.15, -0.1) is 5.10 Å². The zero-order chi connectivity index (χ0) is 22.3. The van der Waals surface area contributed by atoms with E-state index in [1.807, 2.05) is 30.3 Å². The molecule has 4 rings (SSSR count). The van der Waals surface area contributed by atoms with Gasteiger partial charge in [0.25, 0.3) is 0 Å². The number of nitrogens with one attached hydrogen (secondary N) is 3. The van der Waals surface area contributed by atoms with Crippen molar-refractivity contribution in [2.24, 2.45) is 0 Å². The third-order valence-electron chi connectivity index (χ3n) is 4.58. The summed E-state index contributed by atoms with van der Waals surface area (Å²) in [7, 11) is 0. The molecule has 0 bridgehead atoms. The van der Waals surface area contributed by atoms with Crippen molar-refractivity contribution in [3.63, 3.8) is 0 Å². The molecule has 2 aromatic carbocycles. The Morgan fingerprint density at radius 2 is 1.88 bits per heavy atom. The van der Waals surface area contributed by atoms with Gasteiger partial charge in [-0.05, 0) is 24.1 Å². The number of carbonyl (C=O) groups excluding carboxylic acids is 2. The van der Waals surface area contributed by atoms with Crippen molar-refractivity contribution in [3.05, 3.63) is 64.6 Å². The minimum atomic E-state index is -0.671. The number of imide groups is 1. The van der Waals surface area contributed by atoms with Crippen LogP contribution in [0.1, 0.15) is 5.56 Å². The van der Waals surface area contributed by atoms with Crippen molar-refractivity contribution >= 4 is 29.4 Å². The number of aromatic amines is 1. The van der Waals surface area contributed by atoms with Crippen LogP contribution in [0.25, 0.3) is 0 Å². The van der Waals surface area contributed by atoms with Crippen molar-refractivity contribution in [2.75, 3.05) is 24.3 Å². The molecule has 10 nitrogen and oxygen atoms in total. The Hall–Kier alpha value is -3.73. The molecule has 0 fully saturated rings. The number of hydrogen-bond donors (Lipinski definition) is 3. The number of aromatic nitrogens is 3. The summed E-state index contributed by atoms with van der Waals surface area (Å²) in [6.45, 7) is 1.33. The second kappa shape index (κ2) is 10.1. The smallest absolute Gasteiger partial charge is 0.343 e. The van der Waals surface area contributed by atoms with Gasteiger partial charge < -0.3 is 14.8 Å². The topological polar surface area (TPSA) is 127 Å². The van der Waals surface area contributed by atoms with Gasteiger partial charge in [0.2, 0.25) is 5.91 Å². The van der Waals surface area contributed by atoms with Crippen LogP contribution in [0.15, 0.2) is 58.5 Å². The van der Waals surface area contributed by atoms with Gasteiger partial charge in [0.05, 0.1) is 5.75 Å². The Kier molecular flexibility index (Phi) is 6.75. The average molecular weight is 455 g/mol. The van der Waals surface area contributed by atoms with Gasteiger partial charge in [0.15, 0.2) is 16.7 Å². The van der Waals surface area contributed by atoms with Crippen LogP contribution in [0.5, 0.6) is 11.5 Å². The van der Waals surface area contributed by atoms with Crippen LogP contribution in [0, 0.1) is 0 Å². The zero-order valence-corrected chi connectivity index (χ0v) is 17.8. The number of amides is 3.